The van der Waals surface area contributed by atoms with Crippen LogP contribution < -0.4 is 5.32 Å². The lowest BCUT2D eigenvalue weighted by atomic mass is 9.90. The van der Waals surface area contributed by atoms with Crippen molar-refractivity contribution in [3.8, 4) is 0 Å². The summed E-state index contributed by atoms with van der Waals surface area (Å²) in [5.41, 5.74) is 1.24. The Bertz CT molecular complexity index is 439. The zero-order valence-corrected chi connectivity index (χ0v) is 12.2. The molecule has 110 valence electrons. The van der Waals surface area contributed by atoms with Gasteiger partial charge in [0.1, 0.15) is 0 Å². The van der Waals surface area contributed by atoms with Gasteiger partial charge < -0.3 is 10.2 Å². The number of hydrogen-bond donors (Lipinski definition) is 1. The van der Waals surface area contributed by atoms with Gasteiger partial charge in [0.25, 0.3) is 5.69 Å². The van der Waals surface area contributed by atoms with Gasteiger partial charge in [-0.15, -0.1) is 0 Å². The predicted molar refractivity (Wildman–Crippen MR) is 79.6 cm³/mol. The fourth-order valence-corrected chi connectivity index (χ4v) is 2.71. The van der Waals surface area contributed by atoms with Gasteiger partial charge >= 0.3 is 0 Å². The van der Waals surface area contributed by atoms with Gasteiger partial charge in [-0.2, -0.15) is 0 Å². The summed E-state index contributed by atoms with van der Waals surface area (Å²) in [6.45, 7) is 5.36. The normalized spacial score (nSPS) is 18.9. The van der Waals surface area contributed by atoms with Crippen molar-refractivity contribution in [3.05, 3.63) is 39.9 Å². The molecule has 0 aliphatic carbocycles. The summed E-state index contributed by atoms with van der Waals surface area (Å²) in [4.78, 5) is 12.6. The molecule has 1 aliphatic rings. The molecule has 1 aliphatic heterocycles. The van der Waals surface area contributed by atoms with Crippen molar-refractivity contribution in [1.29, 1.82) is 0 Å². The van der Waals surface area contributed by atoms with Gasteiger partial charge in [0.05, 0.1) is 4.92 Å². The first-order chi connectivity index (χ1) is 9.56. The van der Waals surface area contributed by atoms with Crippen LogP contribution in [0.3, 0.4) is 0 Å². The lowest BCUT2D eigenvalue weighted by molar-refractivity contribution is -0.384. The van der Waals surface area contributed by atoms with E-state index in [0.717, 1.165) is 18.0 Å². The molecule has 0 spiro atoms. The number of nitro benzene ring substituents is 1. The van der Waals surface area contributed by atoms with Crippen molar-refractivity contribution < 1.29 is 4.92 Å². The molecule has 5 heteroatoms. The van der Waals surface area contributed by atoms with Gasteiger partial charge in [0.2, 0.25) is 0 Å². The topological polar surface area (TPSA) is 58.4 Å². The SMILES string of the molecule is CC(NCc1ccc([N+](=O)[O-])cc1)C1CCN(C)CC1. The number of nitro groups is 1. The second kappa shape index (κ2) is 6.81. The first kappa shape index (κ1) is 14.9. The third-order valence-corrected chi connectivity index (χ3v) is 4.25. The van der Waals surface area contributed by atoms with E-state index in [4.69, 9.17) is 0 Å². The van der Waals surface area contributed by atoms with E-state index in [1.807, 2.05) is 12.1 Å². The first-order valence-electron chi connectivity index (χ1n) is 7.21. The number of piperidine rings is 1. The molecule has 2 rings (SSSR count). The molecule has 0 radical (unpaired) electrons. The Hall–Kier alpha value is -1.46. The molecule has 1 atom stereocenters. The largest absolute Gasteiger partial charge is 0.310 e. The molecule has 1 aromatic rings. The Morgan fingerprint density at radius 2 is 1.95 bits per heavy atom. The summed E-state index contributed by atoms with van der Waals surface area (Å²) in [6, 6.07) is 7.27. The van der Waals surface area contributed by atoms with Crippen molar-refractivity contribution in [1.82, 2.24) is 10.2 Å². The molecular weight excluding hydrogens is 254 g/mol. The number of rotatable bonds is 5. The third kappa shape index (κ3) is 4.02. The number of likely N-dealkylation sites (tertiary alicyclic amines) is 1. The molecule has 1 heterocycles. The number of nitrogens with one attached hydrogen (secondary N) is 1. The lowest BCUT2D eigenvalue weighted by Crippen LogP contribution is -2.40. The van der Waals surface area contributed by atoms with E-state index < -0.39 is 0 Å². The number of nitrogens with zero attached hydrogens (tertiary/aromatic N) is 2. The second-order valence-corrected chi connectivity index (χ2v) is 5.73. The third-order valence-electron chi connectivity index (χ3n) is 4.25. The van der Waals surface area contributed by atoms with Gasteiger partial charge in [-0.05, 0) is 51.4 Å². The highest BCUT2D eigenvalue weighted by Gasteiger charge is 2.21. The monoisotopic (exact) mass is 277 g/mol. The van der Waals surface area contributed by atoms with Gasteiger partial charge in [-0.3, -0.25) is 10.1 Å². The molecule has 20 heavy (non-hydrogen) atoms. The lowest BCUT2D eigenvalue weighted by Gasteiger charge is -2.33. The summed E-state index contributed by atoms with van der Waals surface area (Å²) in [6.07, 6.45) is 2.48. The van der Waals surface area contributed by atoms with Gasteiger partial charge in [-0.1, -0.05) is 12.1 Å². The van der Waals surface area contributed by atoms with Crippen LogP contribution in [0.5, 0.6) is 0 Å². The van der Waals surface area contributed by atoms with Gasteiger partial charge in [0, 0.05) is 24.7 Å². The van der Waals surface area contributed by atoms with Crippen molar-refractivity contribution in [2.45, 2.75) is 32.4 Å². The molecule has 1 saturated heterocycles. The van der Waals surface area contributed by atoms with E-state index >= 15 is 0 Å². The van der Waals surface area contributed by atoms with E-state index in [0.29, 0.717) is 6.04 Å². The molecule has 1 N–H and O–H groups in total. The van der Waals surface area contributed by atoms with Crippen LogP contribution in [-0.4, -0.2) is 36.0 Å². The maximum atomic E-state index is 10.6. The molecule has 1 aromatic carbocycles. The van der Waals surface area contributed by atoms with Crippen LogP contribution in [0.1, 0.15) is 25.3 Å². The molecule has 1 unspecified atom stereocenters. The zero-order chi connectivity index (χ0) is 14.5. The first-order valence-corrected chi connectivity index (χ1v) is 7.21. The summed E-state index contributed by atoms with van der Waals surface area (Å²) in [5.74, 6) is 0.726. The fourth-order valence-electron chi connectivity index (χ4n) is 2.71. The van der Waals surface area contributed by atoms with E-state index in [1.165, 1.54) is 25.9 Å². The molecule has 0 saturated carbocycles. The minimum absolute atomic E-state index is 0.150. The van der Waals surface area contributed by atoms with E-state index in [2.05, 4.69) is 24.2 Å². The minimum atomic E-state index is -0.363. The van der Waals surface area contributed by atoms with E-state index in [1.54, 1.807) is 12.1 Å². The van der Waals surface area contributed by atoms with Crippen LogP contribution in [0.4, 0.5) is 5.69 Å². The van der Waals surface area contributed by atoms with Crippen LogP contribution in [0.25, 0.3) is 0 Å². The Kier molecular flexibility index (Phi) is 5.09. The van der Waals surface area contributed by atoms with Crippen LogP contribution in [-0.2, 0) is 6.54 Å². The highest BCUT2D eigenvalue weighted by molar-refractivity contribution is 5.32. The maximum absolute atomic E-state index is 10.6. The van der Waals surface area contributed by atoms with E-state index in [9.17, 15) is 10.1 Å². The van der Waals surface area contributed by atoms with E-state index in [-0.39, 0.29) is 10.6 Å². The molecule has 0 bridgehead atoms. The highest BCUT2D eigenvalue weighted by Crippen LogP contribution is 2.20. The number of non-ortho nitro benzene ring substituents is 1. The average molecular weight is 277 g/mol. The van der Waals surface area contributed by atoms with Crippen LogP contribution in [0, 0.1) is 16.0 Å². The number of hydrogen-bond acceptors (Lipinski definition) is 4. The summed E-state index contributed by atoms with van der Waals surface area (Å²) in [7, 11) is 2.17. The van der Waals surface area contributed by atoms with Gasteiger partial charge in [0.15, 0.2) is 0 Å². The number of benzene rings is 1. The smallest absolute Gasteiger partial charge is 0.269 e. The van der Waals surface area contributed by atoms with Crippen molar-refractivity contribution >= 4 is 5.69 Å². The van der Waals surface area contributed by atoms with Crippen molar-refractivity contribution in [3.63, 3.8) is 0 Å². The average Bonchev–Trinajstić information content (AvgIpc) is 2.46. The Balaban J connectivity index is 1.80. The Morgan fingerprint density at radius 1 is 1.35 bits per heavy atom. The minimum Gasteiger partial charge on any atom is -0.310 e. The molecule has 5 nitrogen and oxygen atoms in total. The second-order valence-electron chi connectivity index (χ2n) is 5.73. The van der Waals surface area contributed by atoms with Crippen LogP contribution >= 0.6 is 0 Å². The standard InChI is InChI=1S/C15H23N3O2/c1-12(14-7-9-17(2)10-8-14)16-11-13-3-5-15(6-4-13)18(19)20/h3-6,12,14,16H,7-11H2,1-2H3. The summed E-state index contributed by atoms with van der Waals surface area (Å²) in [5, 5.41) is 14.1. The fraction of sp³-hybridized carbons (Fsp3) is 0.600. The van der Waals surface area contributed by atoms with Gasteiger partial charge in [-0.25, -0.2) is 0 Å². The van der Waals surface area contributed by atoms with Crippen LogP contribution in [0.2, 0.25) is 0 Å². The zero-order valence-electron chi connectivity index (χ0n) is 12.2. The highest BCUT2D eigenvalue weighted by atomic mass is 16.6. The molecule has 0 aromatic heterocycles. The van der Waals surface area contributed by atoms with Crippen molar-refractivity contribution in [2.75, 3.05) is 20.1 Å². The van der Waals surface area contributed by atoms with Crippen LogP contribution in [0.15, 0.2) is 24.3 Å². The summed E-state index contributed by atoms with van der Waals surface area (Å²) < 4.78 is 0. The Morgan fingerprint density at radius 3 is 2.50 bits per heavy atom. The molecule has 1 fully saturated rings. The molecular formula is C15H23N3O2. The maximum Gasteiger partial charge on any atom is 0.269 e. The Labute approximate surface area is 120 Å². The molecule has 0 amide bonds. The summed E-state index contributed by atoms with van der Waals surface area (Å²) >= 11 is 0. The predicted octanol–water partition coefficient (Wildman–Crippen LogP) is 2.41. The quantitative estimate of drug-likeness (QED) is 0.663. The van der Waals surface area contributed by atoms with Crippen molar-refractivity contribution in [2.24, 2.45) is 5.92 Å².